The molecule has 0 amide bonds. The minimum Gasteiger partial charge on any atom is -0.478 e. The predicted molar refractivity (Wildman–Crippen MR) is 85.5 cm³/mol. The van der Waals surface area contributed by atoms with Crippen molar-refractivity contribution in [2.24, 2.45) is 0 Å². The highest BCUT2D eigenvalue weighted by Gasteiger charge is 2.12. The van der Waals surface area contributed by atoms with Crippen LogP contribution in [0.4, 0.5) is 0 Å². The zero-order valence-corrected chi connectivity index (χ0v) is 14.1. The third-order valence-electron chi connectivity index (χ3n) is 2.64. The zero-order valence-electron chi connectivity index (χ0n) is 10.9. The van der Waals surface area contributed by atoms with Crippen LogP contribution in [0.15, 0.2) is 51.4 Å². The van der Waals surface area contributed by atoms with Gasteiger partial charge in [-0.2, -0.15) is 0 Å². The van der Waals surface area contributed by atoms with Gasteiger partial charge in [0, 0.05) is 0 Å². The van der Waals surface area contributed by atoms with Crippen molar-refractivity contribution in [1.82, 2.24) is 0 Å². The molecule has 6 heteroatoms. The third-order valence-corrected chi connectivity index (χ3v) is 3.82. The standard InChI is InChI=1S/C15H12Br2O4/c16-12-6-11(15(18)19)7-13(17)14(12)21-9-20-8-10-4-2-1-3-5-10/h1-7H,8-9H2,(H,18,19). The van der Waals surface area contributed by atoms with Gasteiger partial charge >= 0.3 is 5.97 Å². The lowest BCUT2D eigenvalue weighted by molar-refractivity contribution is 0.00421. The molecule has 110 valence electrons. The maximum atomic E-state index is 10.9. The molecule has 2 aromatic rings. The molecular weight excluding hydrogens is 404 g/mol. The number of hydrogen-bond acceptors (Lipinski definition) is 3. The molecule has 1 N–H and O–H groups in total. The number of carboxylic acids is 1. The van der Waals surface area contributed by atoms with Gasteiger partial charge in [-0.25, -0.2) is 4.79 Å². The Balaban J connectivity index is 1.93. The van der Waals surface area contributed by atoms with E-state index in [0.29, 0.717) is 21.3 Å². The first-order valence-electron chi connectivity index (χ1n) is 6.04. The number of ether oxygens (including phenoxy) is 2. The van der Waals surface area contributed by atoms with Crippen LogP contribution in [0.5, 0.6) is 5.75 Å². The summed E-state index contributed by atoms with van der Waals surface area (Å²) in [6.07, 6.45) is 0. The van der Waals surface area contributed by atoms with Gasteiger partial charge in [0.1, 0.15) is 0 Å². The Morgan fingerprint density at radius 1 is 1.10 bits per heavy atom. The summed E-state index contributed by atoms with van der Waals surface area (Å²) in [6.45, 7) is 0.516. The van der Waals surface area contributed by atoms with Crippen LogP contribution in [-0.2, 0) is 11.3 Å². The summed E-state index contributed by atoms with van der Waals surface area (Å²) in [5.74, 6) is -0.490. The van der Waals surface area contributed by atoms with Crippen LogP contribution in [0.25, 0.3) is 0 Å². The van der Waals surface area contributed by atoms with E-state index in [4.69, 9.17) is 14.6 Å². The number of carbonyl (C=O) groups is 1. The van der Waals surface area contributed by atoms with Gasteiger partial charge in [0.05, 0.1) is 21.1 Å². The van der Waals surface area contributed by atoms with Gasteiger partial charge in [0.2, 0.25) is 0 Å². The van der Waals surface area contributed by atoms with E-state index in [1.807, 2.05) is 30.3 Å². The first kappa shape index (κ1) is 16.0. The van der Waals surface area contributed by atoms with Crippen molar-refractivity contribution in [2.75, 3.05) is 6.79 Å². The van der Waals surface area contributed by atoms with Crippen LogP contribution in [0.2, 0.25) is 0 Å². The molecule has 0 aromatic heterocycles. The number of aromatic carboxylic acids is 1. The number of benzene rings is 2. The van der Waals surface area contributed by atoms with Crippen LogP contribution < -0.4 is 4.74 Å². The van der Waals surface area contributed by atoms with E-state index < -0.39 is 5.97 Å². The quantitative estimate of drug-likeness (QED) is 0.558. The van der Waals surface area contributed by atoms with Gasteiger partial charge in [0.25, 0.3) is 0 Å². The van der Waals surface area contributed by atoms with Gasteiger partial charge in [-0.3, -0.25) is 0 Å². The third kappa shape index (κ3) is 4.56. The van der Waals surface area contributed by atoms with Crippen molar-refractivity contribution < 1.29 is 19.4 Å². The molecule has 0 spiro atoms. The summed E-state index contributed by atoms with van der Waals surface area (Å²) < 4.78 is 12.1. The lowest BCUT2D eigenvalue weighted by atomic mass is 10.2. The van der Waals surface area contributed by atoms with Crippen LogP contribution in [0.3, 0.4) is 0 Å². The van der Waals surface area contributed by atoms with Crippen LogP contribution in [0.1, 0.15) is 15.9 Å². The van der Waals surface area contributed by atoms with E-state index in [-0.39, 0.29) is 12.4 Å². The molecule has 0 saturated carbocycles. The van der Waals surface area contributed by atoms with E-state index in [2.05, 4.69) is 31.9 Å². The molecule has 2 aromatic carbocycles. The van der Waals surface area contributed by atoms with Crippen LogP contribution in [0, 0.1) is 0 Å². The Kier molecular flexibility index (Phi) is 5.78. The number of rotatable bonds is 6. The van der Waals surface area contributed by atoms with E-state index in [9.17, 15) is 4.79 Å². The maximum Gasteiger partial charge on any atom is 0.335 e. The lowest BCUT2D eigenvalue weighted by Gasteiger charge is -2.11. The molecule has 21 heavy (non-hydrogen) atoms. The summed E-state index contributed by atoms with van der Waals surface area (Å²) in [7, 11) is 0. The second-order valence-corrected chi connectivity index (χ2v) is 5.88. The molecule has 0 atom stereocenters. The Hall–Kier alpha value is -1.37. The zero-order chi connectivity index (χ0) is 15.2. The Labute approximate surface area is 139 Å². The fraction of sp³-hybridized carbons (Fsp3) is 0.133. The second-order valence-electron chi connectivity index (χ2n) is 4.17. The topological polar surface area (TPSA) is 55.8 Å². The highest BCUT2D eigenvalue weighted by atomic mass is 79.9. The van der Waals surface area contributed by atoms with Gasteiger partial charge in [0.15, 0.2) is 12.5 Å². The molecule has 4 nitrogen and oxygen atoms in total. The summed E-state index contributed by atoms with van der Waals surface area (Å²) >= 11 is 6.58. The molecule has 0 aliphatic carbocycles. The van der Waals surface area contributed by atoms with Crippen molar-refractivity contribution in [3.8, 4) is 5.75 Å². The van der Waals surface area contributed by atoms with E-state index in [0.717, 1.165) is 5.56 Å². The molecule has 0 bridgehead atoms. The molecule has 0 aliphatic heterocycles. The first-order valence-corrected chi connectivity index (χ1v) is 7.63. The minimum atomic E-state index is -0.997. The van der Waals surface area contributed by atoms with Crippen molar-refractivity contribution in [1.29, 1.82) is 0 Å². The smallest absolute Gasteiger partial charge is 0.335 e. The number of carboxylic acid groups (broad SMARTS) is 1. The van der Waals surface area contributed by atoms with Gasteiger partial charge < -0.3 is 14.6 Å². The summed E-state index contributed by atoms with van der Waals surface area (Å²) in [5.41, 5.74) is 1.23. The van der Waals surface area contributed by atoms with E-state index >= 15 is 0 Å². The van der Waals surface area contributed by atoms with Crippen LogP contribution >= 0.6 is 31.9 Å². The summed E-state index contributed by atoms with van der Waals surface area (Å²) in [4.78, 5) is 10.9. The number of hydrogen-bond donors (Lipinski definition) is 1. The molecule has 0 radical (unpaired) electrons. The molecule has 0 unspecified atom stereocenters. The first-order chi connectivity index (χ1) is 10.1. The van der Waals surface area contributed by atoms with Crippen molar-refractivity contribution in [2.45, 2.75) is 6.61 Å². The van der Waals surface area contributed by atoms with Crippen molar-refractivity contribution in [3.63, 3.8) is 0 Å². The van der Waals surface area contributed by atoms with Crippen molar-refractivity contribution >= 4 is 37.8 Å². The van der Waals surface area contributed by atoms with Crippen molar-refractivity contribution in [3.05, 3.63) is 62.5 Å². The van der Waals surface area contributed by atoms with E-state index in [1.54, 1.807) is 0 Å². The van der Waals surface area contributed by atoms with Crippen LogP contribution in [-0.4, -0.2) is 17.9 Å². The van der Waals surface area contributed by atoms with Gasteiger partial charge in [-0.1, -0.05) is 30.3 Å². The SMILES string of the molecule is O=C(O)c1cc(Br)c(OCOCc2ccccc2)c(Br)c1. The summed E-state index contributed by atoms with van der Waals surface area (Å²) in [6, 6.07) is 12.7. The normalized spacial score (nSPS) is 10.4. The Morgan fingerprint density at radius 3 is 2.29 bits per heavy atom. The highest BCUT2D eigenvalue weighted by molar-refractivity contribution is 9.11. The second kappa shape index (κ2) is 7.59. The fourth-order valence-corrected chi connectivity index (χ4v) is 3.07. The Bertz CT molecular complexity index is 606. The largest absolute Gasteiger partial charge is 0.478 e. The van der Waals surface area contributed by atoms with E-state index in [1.165, 1.54) is 12.1 Å². The molecule has 0 fully saturated rings. The average molecular weight is 416 g/mol. The highest BCUT2D eigenvalue weighted by Crippen LogP contribution is 2.34. The maximum absolute atomic E-state index is 10.9. The predicted octanol–water partition coefficient (Wildman–Crippen LogP) is 4.46. The molecule has 0 aliphatic rings. The molecular formula is C15H12Br2O4. The lowest BCUT2D eigenvalue weighted by Crippen LogP contribution is -2.05. The average Bonchev–Trinajstić information content (AvgIpc) is 2.46. The monoisotopic (exact) mass is 414 g/mol. The minimum absolute atomic E-state index is 0.0680. The molecule has 2 rings (SSSR count). The molecule has 0 saturated heterocycles. The fourth-order valence-electron chi connectivity index (χ4n) is 1.66. The number of halogens is 2. The van der Waals surface area contributed by atoms with Gasteiger partial charge in [-0.15, -0.1) is 0 Å². The molecule has 0 heterocycles. The van der Waals surface area contributed by atoms with Gasteiger partial charge in [-0.05, 0) is 49.6 Å². The Morgan fingerprint density at radius 2 is 1.71 bits per heavy atom. The summed E-state index contributed by atoms with van der Waals surface area (Å²) in [5, 5.41) is 8.96.